The van der Waals surface area contributed by atoms with Crippen molar-refractivity contribution in [2.75, 3.05) is 6.61 Å². The Labute approximate surface area is 348 Å². The van der Waals surface area contributed by atoms with E-state index in [4.69, 9.17) is 37.9 Å². The van der Waals surface area contributed by atoms with Crippen molar-refractivity contribution < 1.29 is 43.0 Å². The number of aliphatic hydroxyl groups is 1. The van der Waals surface area contributed by atoms with Crippen molar-refractivity contribution in [3.05, 3.63) is 179 Å². The Balaban J connectivity index is 1.09. The summed E-state index contributed by atoms with van der Waals surface area (Å²) in [4.78, 5) is 0. The van der Waals surface area contributed by atoms with Crippen LogP contribution in [0.4, 0.5) is 0 Å². The summed E-state index contributed by atoms with van der Waals surface area (Å²) in [7, 11) is 0. The first kappa shape index (κ1) is 41.5. The molecular weight excluding hydrogens is 745 g/mol. The second kappa shape index (κ2) is 19.9. The highest BCUT2D eigenvalue weighted by molar-refractivity contribution is 5.18. The number of ether oxygens (including phenoxy) is 8. The van der Waals surface area contributed by atoms with E-state index in [1.807, 2.05) is 166 Å². The van der Waals surface area contributed by atoms with Crippen LogP contribution in [0.2, 0.25) is 0 Å². The van der Waals surface area contributed by atoms with Gasteiger partial charge in [-0.15, -0.1) is 0 Å². The maximum Gasteiger partial charge on any atom is 0.163 e. The van der Waals surface area contributed by atoms with Crippen LogP contribution >= 0.6 is 0 Å². The number of hydrogen-bond acceptors (Lipinski definition) is 9. The highest BCUT2D eigenvalue weighted by Gasteiger charge is 2.63. The molecule has 0 radical (unpaired) electrons. The summed E-state index contributed by atoms with van der Waals surface area (Å²) in [6, 6.07) is 50.4. The van der Waals surface area contributed by atoms with E-state index >= 15 is 0 Å². The number of hydrogen-bond donors (Lipinski definition) is 1. The fraction of sp³-hybridized carbons (Fsp3) is 0.400. The summed E-state index contributed by atoms with van der Waals surface area (Å²) < 4.78 is 53.7. The minimum atomic E-state index is -1.05. The molecule has 2 unspecified atom stereocenters. The third-order valence-corrected chi connectivity index (χ3v) is 11.4. The molecule has 2 saturated heterocycles. The highest BCUT2D eigenvalue weighted by atomic mass is 16.8. The number of fused-ring (bicyclic) bond motifs is 1. The van der Waals surface area contributed by atoms with Crippen molar-refractivity contribution >= 4 is 0 Å². The van der Waals surface area contributed by atoms with Crippen molar-refractivity contribution in [3.63, 3.8) is 0 Å². The Morgan fingerprint density at radius 2 is 0.932 bits per heavy atom. The van der Waals surface area contributed by atoms with Gasteiger partial charge >= 0.3 is 0 Å². The van der Waals surface area contributed by atoms with Crippen LogP contribution in [0.1, 0.15) is 48.1 Å². The average molecular weight is 801 g/mol. The van der Waals surface area contributed by atoms with Gasteiger partial charge in [-0.05, 0) is 41.7 Å². The van der Waals surface area contributed by atoms with Gasteiger partial charge in [0.05, 0.1) is 70.2 Å². The van der Waals surface area contributed by atoms with Crippen molar-refractivity contribution in [1.82, 2.24) is 0 Å². The largest absolute Gasteiger partial charge is 0.390 e. The van der Waals surface area contributed by atoms with Crippen LogP contribution in [-0.4, -0.2) is 72.4 Å². The fourth-order valence-electron chi connectivity index (χ4n) is 8.63. The lowest BCUT2D eigenvalue weighted by Crippen LogP contribution is -2.57. The number of aliphatic hydroxyl groups excluding tert-OH is 1. The first-order valence-corrected chi connectivity index (χ1v) is 20.8. The van der Waals surface area contributed by atoms with Crippen LogP contribution in [-0.2, 0) is 70.9 Å². The van der Waals surface area contributed by atoms with Gasteiger partial charge in [-0.3, -0.25) is 0 Å². The third-order valence-electron chi connectivity index (χ3n) is 11.4. The van der Waals surface area contributed by atoms with Gasteiger partial charge in [0.25, 0.3) is 0 Å². The summed E-state index contributed by atoms with van der Waals surface area (Å²) in [6.07, 6.45) is -5.04. The van der Waals surface area contributed by atoms with Gasteiger partial charge in [0.2, 0.25) is 0 Å². The standard InChI is InChI=1S/C50H56O9/c1-50(2)58-47-43(46(55-32-38-24-14-6-15-25-38)48(49(47)59-50)56-33-39-26-16-7-17-27-39)44(51)40-28-41(53-30-36-20-10-4-11-21-36)45(54-31-37-22-12-5-13-23-37)42(57-40)34-52-29-35-18-8-3-9-19-35/h3-27,40-49,51H,28-34H2,1-2H3/t40?,41-,42-,43+,44?,45+,46-,47-,48-,49-/m1/s1. The molecular formula is C50H56O9. The van der Waals surface area contributed by atoms with E-state index in [9.17, 15) is 5.11 Å². The zero-order valence-electron chi connectivity index (χ0n) is 33.9. The first-order chi connectivity index (χ1) is 28.9. The summed E-state index contributed by atoms with van der Waals surface area (Å²) in [5.74, 6) is -1.47. The molecule has 0 bridgehead atoms. The van der Waals surface area contributed by atoms with Crippen molar-refractivity contribution in [1.29, 1.82) is 0 Å². The first-order valence-electron chi connectivity index (χ1n) is 20.8. The van der Waals surface area contributed by atoms with Gasteiger partial charge in [-0.2, -0.15) is 0 Å². The van der Waals surface area contributed by atoms with Crippen molar-refractivity contribution in [2.45, 2.75) is 114 Å². The van der Waals surface area contributed by atoms with E-state index in [1.54, 1.807) is 0 Å². The van der Waals surface area contributed by atoms with Crippen LogP contribution in [0.3, 0.4) is 0 Å². The smallest absolute Gasteiger partial charge is 0.163 e. The number of benzene rings is 5. The SMILES string of the molecule is CC1(C)O[C@H]2[C@H](OCc3ccccc3)[C@H](OCc3ccccc3)[C@H](C(O)C3C[C@@H](OCc4ccccc4)[C@H](OCc4ccccc4)[C@@H](COCc4ccccc4)O3)[C@H]2O1. The van der Waals surface area contributed by atoms with Gasteiger partial charge < -0.3 is 43.0 Å². The molecule has 9 nitrogen and oxygen atoms in total. The van der Waals surface area contributed by atoms with Crippen LogP contribution in [0.25, 0.3) is 0 Å². The highest BCUT2D eigenvalue weighted by Crippen LogP contribution is 2.48. The molecule has 310 valence electrons. The average Bonchev–Trinajstić information content (AvgIpc) is 3.73. The zero-order valence-corrected chi connectivity index (χ0v) is 33.9. The lowest BCUT2D eigenvalue weighted by molar-refractivity contribution is -0.252. The molecule has 1 aliphatic carbocycles. The molecule has 0 spiro atoms. The van der Waals surface area contributed by atoms with Crippen LogP contribution in [0.5, 0.6) is 0 Å². The minimum Gasteiger partial charge on any atom is -0.390 e. The fourth-order valence-corrected chi connectivity index (χ4v) is 8.63. The lowest BCUT2D eigenvalue weighted by Gasteiger charge is -2.45. The van der Waals surface area contributed by atoms with E-state index in [2.05, 4.69) is 0 Å². The normalized spacial score (nSPS) is 27.9. The van der Waals surface area contributed by atoms with E-state index in [1.165, 1.54) is 0 Å². The molecule has 1 saturated carbocycles. The number of rotatable bonds is 18. The molecule has 8 rings (SSSR count). The van der Waals surface area contributed by atoms with Crippen LogP contribution in [0.15, 0.2) is 152 Å². The van der Waals surface area contributed by atoms with Gasteiger partial charge in [-0.1, -0.05) is 152 Å². The summed E-state index contributed by atoms with van der Waals surface area (Å²) in [5.41, 5.74) is 5.18. The molecule has 3 aliphatic rings. The molecule has 0 aromatic heterocycles. The topological polar surface area (TPSA) is 94.1 Å². The molecule has 2 aliphatic heterocycles. The van der Waals surface area contributed by atoms with Crippen molar-refractivity contribution in [2.24, 2.45) is 5.92 Å². The maximum absolute atomic E-state index is 12.8. The van der Waals surface area contributed by atoms with Crippen molar-refractivity contribution in [3.8, 4) is 0 Å². The van der Waals surface area contributed by atoms with Gasteiger partial charge in [0, 0.05) is 12.3 Å². The quantitative estimate of drug-likeness (QED) is 0.0942. The molecule has 2 heterocycles. The Morgan fingerprint density at radius 1 is 0.525 bits per heavy atom. The Bertz CT molecular complexity index is 1970. The van der Waals surface area contributed by atoms with E-state index in [0.717, 1.165) is 27.8 Å². The van der Waals surface area contributed by atoms with E-state index < -0.39 is 66.6 Å². The van der Waals surface area contributed by atoms with Gasteiger partial charge in [0.1, 0.15) is 24.4 Å². The Kier molecular flexibility index (Phi) is 14.0. The molecule has 59 heavy (non-hydrogen) atoms. The Morgan fingerprint density at radius 3 is 1.42 bits per heavy atom. The second-order valence-electron chi connectivity index (χ2n) is 16.2. The van der Waals surface area contributed by atoms with Crippen LogP contribution in [0, 0.1) is 5.92 Å². The van der Waals surface area contributed by atoms with E-state index in [-0.39, 0.29) is 6.61 Å². The molecule has 9 heteroatoms. The summed E-state index contributed by atoms with van der Waals surface area (Å²) >= 11 is 0. The van der Waals surface area contributed by atoms with Gasteiger partial charge in [0.15, 0.2) is 5.79 Å². The van der Waals surface area contributed by atoms with E-state index in [0.29, 0.717) is 39.5 Å². The third kappa shape index (κ3) is 10.7. The molecule has 10 atom stereocenters. The predicted octanol–water partition coefficient (Wildman–Crippen LogP) is 8.21. The predicted molar refractivity (Wildman–Crippen MR) is 223 cm³/mol. The molecule has 3 fully saturated rings. The summed E-state index contributed by atoms with van der Waals surface area (Å²) in [6.45, 7) is 5.84. The molecule has 5 aromatic rings. The zero-order chi connectivity index (χ0) is 40.4. The lowest BCUT2D eigenvalue weighted by atomic mass is 9.86. The minimum absolute atomic E-state index is 0.225. The summed E-state index contributed by atoms with van der Waals surface area (Å²) in [5, 5.41) is 12.8. The monoisotopic (exact) mass is 800 g/mol. The Hall–Kier alpha value is -4.26. The molecule has 1 N–H and O–H groups in total. The van der Waals surface area contributed by atoms with Gasteiger partial charge in [-0.25, -0.2) is 0 Å². The molecule has 0 amide bonds. The maximum atomic E-state index is 12.8. The van der Waals surface area contributed by atoms with Crippen LogP contribution < -0.4 is 0 Å². The molecule has 5 aromatic carbocycles. The second-order valence-corrected chi connectivity index (χ2v) is 16.2.